The molecule has 0 saturated carbocycles. The summed E-state index contributed by atoms with van der Waals surface area (Å²) in [6, 6.07) is 9.49. The molecule has 2 heterocycles. The first-order valence-electron chi connectivity index (χ1n) is 8.49. The maximum absolute atomic E-state index is 12.7. The lowest BCUT2D eigenvalue weighted by Gasteiger charge is -2.23. The van der Waals surface area contributed by atoms with E-state index in [1.54, 1.807) is 4.90 Å². The Kier molecular flexibility index (Phi) is 4.10. The van der Waals surface area contributed by atoms with Gasteiger partial charge in [0.05, 0.1) is 4.88 Å². The van der Waals surface area contributed by atoms with Crippen molar-refractivity contribution in [3.63, 3.8) is 0 Å². The summed E-state index contributed by atoms with van der Waals surface area (Å²) in [5.41, 5.74) is 3.57. The van der Waals surface area contributed by atoms with E-state index in [0.717, 1.165) is 31.4 Å². The van der Waals surface area contributed by atoms with Gasteiger partial charge in [0.15, 0.2) is 0 Å². The van der Waals surface area contributed by atoms with E-state index in [4.69, 9.17) is 0 Å². The van der Waals surface area contributed by atoms with Gasteiger partial charge < -0.3 is 10.2 Å². The van der Waals surface area contributed by atoms with Crippen molar-refractivity contribution < 1.29 is 9.59 Å². The normalized spacial score (nSPS) is 19.3. The summed E-state index contributed by atoms with van der Waals surface area (Å²) in [5.74, 6) is -0.105. The van der Waals surface area contributed by atoms with Crippen LogP contribution in [0.15, 0.2) is 35.7 Å². The zero-order valence-corrected chi connectivity index (χ0v) is 14.3. The molecular formula is C19H20N2O2S. The molecule has 2 amide bonds. The van der Waals surface area contributed by atoms with Crippen LogP contribution >= 0.6 is 11.3 Å². The van der Waals surface area contributed by atoms with Crippen LogP contribution in [-0.4, -0.2) is 29.3 Å². The Morgan fingerprint density at radius 1 is 1.12 bits per heavy atom. The molecule has 1 aliphatic carbocycles. The molecule has 24 heavy (non-hydrogen) atoms. The van der Waals surface area contributed by atoms with E-state index in [-0.39, 0.29) is 17.9 Å². The minimum atomic E-state index is -0.368. The van der Waals surface area contributed by atoms with E-state index < -0.39 is 0 Å². The number of nitrogens with zero attached hydrogens (tertiary/aromatic N) is 1. The second kappa shape index (κ2) is 6.40. The van der Waals surface area contributed by atoms with E-state index >= 15 is 0 Å². The third kappa shape index (κ3) is 2.84. The first-order valence-corrected chi connectivity index (χ1v) is 9.37. The molecule has 1 aromatic heterocycles. The lowest BCUT2D eigenvalue weighted by molar-refractivity contribution is -0.119. The summed E-state index contributed by atoms with van der Waals surface area (Å²) in [4.78, 5) is 27.7. The van der Waals surface area contributed by atoms with Crippen molar-refractivity contribution >= 4 is 28.8 Å². The predicted molar refractivity (Wildman–Crippen MR) is 95.5 cm³/mol. The standard InChI is InChI=1S/C19H20N2O2S/c22-18(20-15-9-8-13-4-1-5-14(13)12-15)16-6-2-10-21(16)19(23)17-7-3-11-24-17/h3,7-9,11-12,16H,1-2,4-6,10H2,(H,20,22). The van der Waals surface area contributed by atoms with E-state index in [9.17, 15) is 9.59 Å². The average Bonchev–Trinajstić information content (AvgIpc) is 3.33. The predicted octanol–water partition coefficient (Wildman–Crippen LogP) is 3.48. The van der Waals surface area contributed by atoms with Crippen LogP contribution in [0.3, 0.4) is 0 Å². The molecule has 1 atom stereocenters. The first kappa shape index (κ1) is 15.4. The second-order valence-electron chi connectivity index (χ2n) is 6.46. The van der Waals surface area contributed by atoms with Crippen molar-refractivity contribution in [2.24, 2.45) is 0 Å². The number of carbonyl (C=O) groups is 2. The molecule has 1 saturated heterocycles. The lowest BCUT2D eigenvalue weighted by atomic mass is 10.1. The number of rotatable bonds is 3. The third-order valence-corrected chi connectivity index (χ3v) is 5.77. The Morgan fingerprint density at radius 3 is 2.83 bits per heavy atom. The monoisotopic (exact) mass is 340 g/mol. The number of nitrogens with one attached hydrogen (secondary N) is 1. The number of aryl methyl sites for hydroxylation is 2. The van der Waals surface area contributed by atoms with Gasteiger partial charge in [-0.1, -0.05) is 12.1 Å². The van der Waals surface area contributed by atoms with Crippen molar-refractivity contribution in [3.05, 3.63) is 51.7 Å². The molecule has 2 aromatic rings. The maximum Gasteiger partial charge on any atom is 0.264 e. The number of fused-ring (bicyclic) bond motifs is 1. The smallest absolute Gasteiger partial charge is 0.264 e. The van der Waals surface area contributed by atoms with Crippen LogP contribution in [0.1, 0.15) is 40.1 Å². The number of carbonyl (C=O) groups excluding carboxylic acids is 2. The minimum absolute atomic E-state index is 0.0309. The quantitative estimate of drug-likeness (QED) is 0.930. The summed E-state index contributed by atoms with van der Waals surface area (Å²) < 4.78 is 0. The Labute approximate surface area is 145 Å². The molecule has 4 rings (SSSR count). The second-order valence-corrected chi connectivity index (χ2v) is 7.41. The van der Waals surface area contributed by atoms with Gasteiger partial charge in [-0.05, 0) is 66.8 Å². The van der Waals surface area contributed by atoms with Crippen molar-refractivity contribution in [2.45, 2.75) is 38.1 Å². The SMILES string of the molecule is O=C(Nc1ccc2c(c1)CCC2)C1CCCN1C(=O)c1cccs1. The number of hydrogen-bond acceptors (Lipinski definition) is 3. The highest BCUT2D eigenvalue weighted by molar-refractivity contribution is 7.12. The van der Waals surface area contributed by atoms with E-state index in [0.29, 0.717) is 11.4 Å². The van der Waals surface area contributed by atoms with Crippen molar-refractivity contribution in [2.75, 3.05) is 11.9 Å². The number of anilines is 1. The highest BCUT2D eigenvalue weighted by Gasteiger charge is 2.35. The van der Waals surface area contributed by atoms with Gasteiger partial charge in [-0.15, -0.1) is 11.3 Å². The molecule has 1 N–H and O–H groups in total. The van der Waals surface area contributed by atoms with Crippen LogP contribution in [0.5, 0.6) is 0 Å². The molecule has 1 aliphatic heterocycles. The largest absolute Gasteiger partial charge is 0.326 e. The van der Waals surface area contributed by atoms with Crippen LogP contribution in [0.25, 0.3) is 0 Å². The van der Waals surface area contributed by atoms with Gasteiger partial charge in [0.25, 0.3) is 5.91 Å². The van der Waals surface area contributed by atoms with Gasteiger partial charge >= 0.3 is 0 Å². The Balaban J connectivity index is 1.48. The molecule has 0 bridgehead atoms. The highest BCUT2D eigenvalue weighted by atomic mass is 32.1. The number of likely N-dealkylation sites (tertiary alicyclic amines) is 1. The van der Waals surface area contributed by atoms with Crippen LogP contribution in [0, 0.1) is 0 Å². The van der Waals surface area contributed by atoms with Gasteiger partial charge in [-0.25, -0.2) is 0 Å². The van der Waals surface area contributed by atoms with Gasteiger partial charge in [0, 0.05) is 12.2 Å². The van der Waals surface area contributed by atoms with E-state index in [1.165, 1.54) is 28.9 Å². The average molecular weight is 340 g/mol. The van der Waals surface area contributed by atoms with Crippen LogP contribution in [-0.2, 0) is 17.6 Å². The van der Waals surface area contributed by atoms with Gasteiger partial charge in [0.2, 0.25) is 5.91 Å². The molecule has 0 radical (unpaired) electrons. The van der Waals surface area contributed by atoms with Gasteiger partial charge in [-0.2, -0.15) is 0 Å². The number of amides is 2. The lowest BCUT2D eigenvalue weighted by Crippen LogP contribution is -2.42. The van der Waals surface area contributed by atoms with E-state index in [1.807, 2.05) is 23.6 Å². The minimum Gasteiger partial charge on any atom is -0.326 e. The molecule has 4 nitrogen and oxygen atoms in total. The zero-order chi connectivity index (χ0) is 16.5. The Hall–Kier alpha value is -2.14. The summed E-state index contributed by atoms with van der Waals surface area (Å²) >= 11 is 1.43. The van der Waals surface area contributed by atoms with Crippen LogP contribution in [0.2, 0.25) is 0 Å². The number of hydrogen-bond donors (Lipinski definition) is 1. The fraction of sp³-hybridized carbons (Fsp3) is 0.368. The summed E-state index contributed by atoms with van der Waals surface area (Å²) in [7, 11) is 0. The Morgan fingerprint density at radius 2 is 2.00 bits per heavy atom. The molecule has 1 fully saturated rings. The van der Waals surface area contributed by atoms with Crippen molar-refractivity contribution in [1.29, 1.82) is 0 Å². The van der Waals surface area contributed by atoms with Crippen LogP contribution < -0.4 is 5.32 Å². The number of benzene rings is 1. The summed E-state index contributed by atoms with van der Waals surface area (Å²) in [5, 5.41) is 4.91. The molecule has 1 aromatic carbocycles. The maximum atomic E-state index is 12.7. The van der Waals surface area contributed by atoms with Gasteiger partial charge in [-0.3, -0.25) is 9.59 Å². The van der Waals surface area contributed by atoms with Crippen LogP contribution in [0.4, 0.5) is 5.69 Å². The fourth-order valence-electron chi connectivity index (χ4n) is 3.70. The van der Waals surface area contributed by atoms with Gasteiger partial charge in [0.1, 0.15) is 6.04 Å². The fourth-order valence-corrected chi connectivity index (χ4v) is 4.38. The molecule has 1 unspecified atom stereocenters. The number of thiophene rings is 1. The van der Waals surface area contributed by atoms with Crippen molar-refractivity contribution in [1.82, 2.24) is 4.90 Å². The zero-order valence-electron chi connectivity index (χ0n) is 13.5. The third-order valence-electron chi connectivity index (χ3n) is 4.91. The molecular weight excluding hydrogens is 320 g/mol. The molecule has 124 valence electrons. The highest BCUT2D eigenvalue weighted by Crippen LogP contribution is 2.27. The van der Waals surface area contributed by atoms with Crippen molar-refractivity contribution in [3.8, 4) is 0 Å². The summed E-state index contributed by atoms with van der Waals surface area (Å²) in [6.07, 6.45) is 5.02. The van der Waals surface area contributed by atoms with E-state index in [2.05, 4.69) is 17.4 Å². The molecule has 2 aliphatic rings. The topological polar surface area (TPSA) is 49.4 Å². The molecule has 5 heteroatoms. The first-order chi connectivity index (χ1) is 11.7. The summed E-state index contributed by atoms with van der Waals surface area (Å²) in [6.45, 7) is 0.652. The molecule has 0 spiro atoms. The Bertz CT molecular complexity index is 770.